The van der Waals surface area contributed by atoms with Crippen LogP contribution in [0.1, 0.15) is 20.3 Å². The van der Waals surface area contributed by atoms with Gasteiger partial charge in [0.2, 0.25) is 7.37 Å². The third-order valence-electron chi connectivity index (χ3n) is 1.33. The molecule has 0 rings (SSSR count). The summed E-state index contributed by atoms with van der Waals surface area (Å²) in [4.78, 5) is 19.3. The molecule has 2 N–H and O–H groups in total. The van der Waals surface area contributed by atoms with Gasteiger partial charge in [0.25, 0.3) is 0 Å². The Morgan fingerprint density at radius 2 is 2.00 bits per heavy atom. The van der Waals surface area contributed by atoms with Gasteiger partial charge in [0, 0.05) is 12.3 Å². The summed E-state index contributed by atoms with van der Waals surface area (Å²) in [6.07, 6.45) is -0.124. The van der Waals surface area contributed by atoms with Crippen LogP contribution in [0.4, 0.5) is 0 Å². The van der Waals surface area contributed by atoms with Crippen molar-refractivity contribution in [3.8, 4) is 0 Å². The van der Waals surface area contributed by atoms with Crippen molar-refractivity contribution in [2.75, 3.05) is 12.3 Å². The number of carboxylic acids is 1. The first-order chi connectivity index (χ1) is 5.33. The number of hydrogen-bond acceptors (Lipinski definition) is 2. The van der Waals surface area contributed by atoms with Gasteiger partial charge in [-0.3, -0.25) is 9.36 Å². The molecule has 0 aromatic rings. The molecule has 0 aliphatic rings. The average Bonchev–Trinajstić information content (AvgIpc) is 1.81. The van der Waals surface area contributed by atoms with Gasteiger partial charge in [0.15, 0.2) is 0 Å². The van der Waals surface area contributed by atoms with Crippen LogP contribution < -0.4 is 0 Å². The zero-order valence-electron chi connectivity index (χ0n) is 7.36. The standard InChI is InChI=1S/C7H15O4P/c1-6(2)5-12(10,11)4-3-7(8)9/h6H,3-5H2,1-2H3,(H,8,9)(H,10,11). The number of carboxylic acid groups (broad SMARTS) is 1. The second-order valence-electron chi connectivity index (χ2n) is 3.29. The molecule has 12 heavy (non-hydrogen) atoms. The first-order valence-corrected chi connectivity index (χ1v) is 5.89. The van der Waals surface area contributed by atoms with Crippen LogP contribution in [0, 0.1) is 5.92 Å². The quantitative estimate of drug-likeness (QED) is 0.648. The van der Waals surface area contributed by atoms with Crippen molar-refractivity contribution in [2.24, 2.45) is 5.92 Å². The highest BCUT2D eigenvalue weighted by atomic mass is 31.2. The Labute approximate surface area is 72.1 Å². The van der Waals surface area contributed by atoms with Crippen LogP contribution in [-0.2, 0) is 9.36 Å². The summed E-state index contributed by atoms with van der Waals surface area (Å²) in [5.74, 6) is -0.886. The summed E-state index contributed by atoms with van der Waals surface area (Å²) in [6, 6.07) is 0. The summed E-state index contributed by atoms with van der Waals surface area (Å²) in [5.41, 5.74) is 0. The van der Waals surface area contributed by atoms with Gasteiger partial charge in [0.05, 0.1) is 6.42 Å². The minimum Gasteiger partial charge on any atom is -0.481 e. The topological polar surface area (TPSA) is 74.6 Å². The van der Waals surface area contributed by atoms with Gasteiger partial charge in [-0.15, -0.1) is 0 Å². The molecular formula is C7H15O4P. The summed E-state index contributed by atoms with van der Waals surface area (Å²) in [7, 11) is -3.18. The Kier molecular flexibility index (Phi) is 4.50. The van der Waals surface area contributed by atoms with Crippen LogP contribution in [0.3, 0.4) is 0 Å². The molecule has 0 amide bonds. The van der Waals surface area contributed by atoms with Crippen molar-refractivity contribution in [1.82, 2.24) is 0 Å². The first kappa shape index (κ1) is 11.7. The average molecular weight is 194 g/mol. The lowest BCUT2D eigenvalue weighted by Crippen LogP contribution is -2.05. The fourth-order valence-corrected chi connectivity index (χ4v) is 2.80. The highest BCUT2D eigenvalue weighted by Crippen LogP contribution is 2.42. The zero-order valence-corrected chi connectivity index (χ0v) is 8.25. The molecule has 0 aromatic carbocycles. The normalized spacial score (nSPS) is 16.0. The maximum atomic E-state index is 11.2. The van der Waals surface area contributed by atoms with E-state index in [9.17, 15) is 14.3 Å². The second kappa shape index (κ2) is 4.63. The molecule has 0 aliphatic heterocycles. The summed E-state index contributed by atoms with van der Waals surface area (Å²) < 4.78 is 11.2. The molecular weight excluding hydrogens is 179 g/mol. The zero-order chi connectivity index (χ0) is 9.78. The van der Waals surface area contributed by atoms with E-state index in [2.05, 4.69) is 0 Å². The van der Waals surface area contributed by atoms with Gasteiger partial charge in [-0.1, -0.05) is 13.8 Å². The Bertz CT molecular complexity index is 200. The lowest BCUT2D eigenvalue weighted by atomic mass is 10.3. The molecule has 0 heterocycles. The lowest BCUT2D eigenvalue weighted by Gasteiger charge is -2.11. The van der Waals surface area contributed by atoms with E-state index in [0.717, 1.165) is 0 Å². The van der Waals surface area contributed by atoms with Crippen LogP contribution in [0.2, 0.25) is 0 Å². The second-order valence-corrected chi connectivity index (χ2v) is 5.80. The highest BCUT2D eigenvalue weighted by molar-refractivity contribution is 7.58. The summed E-state index contributed by atoms with van der Waals surface area (Å²) in [5, 5.41) is 8.28. The van der Waals surface area contributed by atoms with E-state index in [4.69, 9.17) is 5.11 Å². The molecule has 0 fully saturated rings. The molecule has 0 bridgehead atoms. The van der Waals surface area contributed by atoms with Gasteiger partial charge >= 0.3 is 5.97 Å². The maximum absolute atomic E-state index is 11.2. The van der Waals surface area contributed by atoms with Gasteiger partial charge in [-0.25, -0.2) is 0 Å². The fourth-order valence-electron chi connectivity index (χ4n) is 0.932. The molecule has 0 saturated carbocycles. The number of carbonyl (C=O) groups is 1. The Morgan fingerprint density at radius 1 is 1.50 bits per heavy atom. The monoisotopic (exact) mass is 194 g/mol. The predicted molar refractivity (Wildman–Crippen MR) is 46.7 cm³/mol. The van der Waals surface area contributed by atoms with E-state index in [0.29, 0.717) is 0 Å². The van der Waals surface area contributed by atoms with Crippen LogP contribution in [0.5, 0.6) is 0 Å². The van der Waals surface area contributed by atoms with Gasteiger partial charge in [-0.2, -0.15) is 0 Å². The van der Waals surface area contributed by atoms with Crippen LogP contribution in [0.15, 0.2) is 0 Å². The van der Waals surface area contributed by atoms with E-state index >= 15 is 0 Å². The van der Waals surface area contributed by atoms with E-state index in [1.807, 2.05) is 13.8 Å². The van der Waals surface area contributed by atoms with Crippen molar-refractivity contribution in [3.05, 3.63) is 0 Å². The Balaban J connectivity index is 3.88. The van der Waals surface area contributed by atoms with Crippen LogP contribution in [-0.4, -0.2) is 28.3 Å². The van der Waals surface area contributed by atoms with E-state index in [1.165, 1.54) is 0 Å². The minimum absolute atomic E-state index is 0.111. The van der Waals surface area contributed by atoms with Crippen LogP contribution >= 0.6 is 7.37 Å². The molecule has 0 spiro atoms. The number of hydrogen-bond donors (Lipinski definition) is 2. The third kappa shape index (κ3) is 6.38. The summed E-state index contributed by atoms with van der Waals surface area (Å²) >= 11 is 0. The largest absolute Gasteiger partial charge is 0.481 e. The van der Waals surface area contributed by atoms with Crippen molar-refractivity contribution in [1.29, 1.82) is 0 Å². The molecule has 5 heteroatoms. The molecule has 0 aromatic heterocycles. The van der Waals surface area contributed by atoms with Crippen molar-refractivity contribution in [2.45, 2.75) is 20.3 Å². The minimum atomic E-state index is -3.18. The highest BCUT2D eigenvalue weighted by Gasteiger charge is 2.20. The van der Waals surface area contributed by atoms with Crippen LogP contribution in [0.25, 0.3) is 0 Å². The maximum Gasteiger partial charge on any atom is 0.303 e. The first-order valence-electron chi connectivity index (χ1n) is 3.86. The lowest BCUT2D eigenvalue weighted by molar-refractivity contribution is -0.136. The van der Waals surface area contributed by atoms with Gasteiger partial charge < -0.3 is 10.00 Å². The van der Waals surface area contributed by atoms with Gasteiger partial charge in [0.1, 0.15) is 0 Å². The SMILES string of the molecule is CC(C)CP(=O)(O)CCC(=O)O. The van der Waals surface area contributed by atoms with Crippen molar-refractivity contribution in [3.63, 3.8) is 0 Å². The number of aliphatic carboxylic acids is 1. The van der Waals surface area contributed by atoms with Crippen molar-refractivity contribution < 1.29 is 19.4 Å². The molecule has 0 saturated heterocycles. The predicted octanol–water partition coefficient (Wildman–Crippen LogP) is 1.39. The van der Waals surface area contributed by atoms with Gasteiger partial charge in [-0.05, 0) is 5.92 Å². The van der Waals surface area contributed by atoms with E-state index < -0.39 is 13.3 Å². The molecule has 1 atom stereocenters. The molecule has 0 radical (unpaired) electrons. The fraction of sp³-hybridized carbons (Fsp3) is 0.857. The Hall–Kier alpha value is -0.340. The number of rotatable bonds is 5. The smallest absolute Gasteiger partial charge is 0.303 e. The molecule has 72 valence electrons. The molecule has 1 unspecified atom stereocenters. The third-order valence-corrected chi connectivity index (χ3v) is 3.55. The summed E-state index contributed by atoms with van der Waals surface area (Å²) in [6.45, 7) is 3.67. The molecule has 0 aliphatic carbocycles. The van der Waals surface area contributed by atoms with E-state index in [-0.39, 0.29) is 24.7 Å². The van der Waals surface area contributed by atoms with E-state index in [1.54, 1.807) is 0 Å². The molecule has 4 nitrogen and oxygen atoms in total. The Morgan fingerprint density at radius 3 is 2.33 bits per heavy atom. The van der Waals surface area contributed by atoms with Crippen molar-refractivity contribution >= 4 is 13.3 Å².